The van der Waals surface area contributed by atoms with Gasteiger partial charge < -0.3 is 19.9 Å². The average molecular weight is 265 g/mol. The monoisotopic (exact) mass is 265 g/mol. The molecule has 1 heterocycles. The van der Waals surface area contributed by atoms with Crippen LogP contribution >= 0.6 is 0 Å². The molecule has 4 nitrogen and oxygen atoms in total. The van der Waals surface area contributed by atoms with Gasteiger partial charge in [0.2, 0.25) is 0 Å². The summed E-state index contributed by atoms with van der Waals surface area (Å²) in [5, 5.41) is 0. The number of hydrogen-bond donors (Lipinski definition) is 1. The first kappa shape index (κ1) is 14.2. The highest BCUT2D eigenvalue weighted by Gasteiger charge is 2.24. The van der Waals surface area contributed by atoms with Crippen LogP contribution in [0.25, 0.3) is 0 Å². The van der Waals surface area contributed by atoms with E-state index < -0.39 is 0 Å². The molecule has 0 bridgehead atoms. The molecule has 0 aromatic heterocycles. The van der Waals surface area contributed by atoms with Gasteiger partial charge in [-0.15, -0.1) is 0 Å². The Morgan fingerprint density at radius 3 is 2.37 bits per heavy atom. The molecule has 0 spiro atoms. The largest absolute Gasteiger partial charge is 0.491 e. The van der Waals surface area contributed by atoms with Crippen LogP contribution in [0.3, 0.4) is 0 Å². The molecule has 19 heavy (non-hydrogen) atoms. The molecule has 1 aromatic rings. The van der Waals surface area contributed by atoms with Crippen LogP contribution in [0.15, 0.2) is 24.3 Å². The van der Waals surface area contributed by atoms with E-state index in [9.17, 15) is 0 Å². The van der Waals surface area contributed by atoms with Gasteiger partial charge in [0.15, 0.2) is 0 Å². The molecule has 1 aliphatic rings. The van der Waals surface area contributed by atoms with Crippen LogP contribution in [-0.2, 0) is 9.47 Å². The van der Waals surface area contributed by atoms with Gasteiger partial charge in [-0.3, -0.25) is 0 Å². The fourth-order valence-corrected chi connectivity index (χ4v) is 2.42. The number of hydrogen-bond acceptors (Lipinski definition) is 4. The van der Waals surface area contributed by atoms with Crippen molar-refractivity contribution in [3.05, 3.63) is 24.3 Å². The predicted molar refractivity (Wildman–Crippen MR) is 75.3 cm³/mol. The van der Waals surface area contributed by atoms with Gasteiger partial charge in [-0.2, -0.15) is 0 Å². The van der Waals surface area contributed by atoms with Crippen LogP contribution < -0.4 is 10.5 Å². The lowest BCUT2D eigenvalue weighted by Gasteiger charge is -2.31. The number of nitrogens with two attached hydrogens (primary N) is 1. The quantitative estimate of drug-likeness (QED) is 0.657. The minimum atomic E-state index is 0.284. The van der Waals surface area contributed by atoms with E-state index in [0.717, 1.165) is 24.3 Å². The Bertz CT molecular complexity index is 369. The normalized spacial score (nSPS) is 27.2. The first-order valence-corrected chi connectivity index (χ1v) is 6.89. The van der Waals surface area contributed by atoms with E-state index in [1.165, 1.54) is 0 Å². The molecule has 0 saturated carbocycles. The number of rotatable bonds is 5. The van der Waals surface area contributed by atoms with E-state index in [2.05, 4.69) is 13.8 Å². The fourth-order valence-electron chi connectivity index (χ4n) is 2.42. The van der Waals surface area contributed by atoms with Crippen LogP contribution in [0.5, 0.6) is 5.75 Å². The molecular weight excluding hydrogens is 242 g/mol. The molecule has 4 heteroatoms. The summed E-state index contributed by atoms with van der Waals surface area (Å²) in [6.07, 6.45) is 2.78. The molecule has 1 aromatic carbocycles. The SMILES string of the molecule is CC1CC(OCCOc2ccc(N)cc2)CC(C)O1. The van der Waals surface area contributed by atoms with Crippen molar-refractivity contribution in [2.45, 2.75) is 45.0 Å². The number of nitrogen functional groups attached to an aromatic ring is 1. The molecule has 1 saturated heterocycles. The summed E-state index contributed by atoms with van der Waals surface area (Å²) >= 11 is 0. The van der Waals surface area contributed by atoms with Crippen LogP contribution in [0.2, 0.25) is 0 Å². The number of benzene rings is 1. The summed E-state index contributed by atoms with van der Waals surface area (Å²) in [5.41, 5.74) is 6.36. The van der Waals surface area contributed by atoms with E-state index in [1.807, 2.05) is 24.3 Å². The first-order valence-electron chi connectivity index (χ1n) is 6.89. The van der Waals surface area contributed by atoms with Gasteiger partial charge in [-0.25, -0.2) is 0 Å². The summed E-state index contributed by atoms with van der Waals surface area (Å²) in [4.78, 5) is 0. The van der Waals surface area contributed by atoms with Crippen molar-refractivity contribution in [3.63, 3.8) is 0 Å². The van der Waals surface area contributed by atoms with Gasteiger partial charge in [0.05, 0.1) is 24.9 Å². The maximum absolute atomic E-state index is 5.84. The maximum Gasteiger partial charge on any atom is 0.119 e. The summed E-state index contributed by atoms with van der Waals surface area (Å²) < 4.78 is 17.1. The lowest BCUT2D eigenvalue weighted by atomic mass is 10.0. The number of ether oxygens (including phenoxy) is 3. The molecule has 1 fully saturated rings. The highest BCUT2D eigenvalue weighted by molar-refractivity contribution is 5.41. The van der Waals surface area contributed by atoms with Crippen molar-refractivity contribution >= 4 is 5.69 Å². The molecule has 0 radical (unpaired) electrons. The zero-order chi connectivity index (χ0) is 13.7. The van der Waals surface area contributed by atoms with Gasteiger partial charge >= 0.3 is 0 Å². The van der Waals surface area contributed by atoms with Crippen molar-refractivity contribution in [2.75, 3.05) is 18.9 Å². The molecule has 0 aliphatic carbocycles. The van der Waals surface area contributed by atoms with E-state index in [-0.39, 0.29) is 18.3 Å². The van der Waals surface area contributed by atoms with Crippen molar-refractivity contribution in [3.8, 4) is 5.75 Å². The predicted octanol–water partition coefficient (Wildman–Crippen LogP) is 2.62. The Balaban J connectivity index is 1.65. The number of anilines is 1. The Morgan fingerprint density at radius 2 is 1.74 bits per heavy atom. The molecule has 2 atom stereocenters. The van der Waals surface area contributed by atoms with Gasteiger partial charge in [0.25, 0.3) is 0 Å². The first-order chi connectivity index (χ1) is 9.13. The molecular formula is C15H23NO3. The van der Waals surface area contributed by atoms with Gasteiger partial charge in [-0.1, -0.05) is 0 Å². The molecule has 2 N–H and O–H groups in total. The zero-order valence-corrected chi connectivity index (χ0v) is 11.7. The molecule has 1 aliphatic heterocycles. The minimum Gasteiger partial charge on any atom is -0.491 e. The molecule has 106 valence electrons. The van der Waals surface area contributed by atoms with Crippen LogP contribution in [-0.4, -0.2) is 31.5 Å². The third-order valence-electron chi connectivity index (χ3n) is 3.24. The van der Waals surface area contributed by atoms with Gasteiger partial charge in [0, 0.05) is 5.69 Å². The van der Waals surface area contributed by atoms with Crippen LogP contribution in [0, 0.1) is 0 Å². The minimum absolute atomic E-state index is 0.284. The lowest BCUT2D eigenvalue weighted by molar-refractivity contribution is -0.104. The van der Waals surface area contributed by atoms with Crippen molar-refractivity contribution in [2.24, 2.45) is 0 Å². The fraction of sp³-hybridized carbons (Fsp3) is 0.600. The van der Waals surface area contributed by atoms with Gasteiger partial charge in [0.1, 0.15) is 12.4 Å². The smallest absolute Gasteiger partial charge is 0.119 e. The summed E-state index contributed by atoms with van der Waals surface area (Å²) in [5.74, 6) is 0.825. The molecule has 2 unspecified atom stereocenters. The van der Waals surface area contributed by atoms with Crippen LogP contribution in [0.4, 0.5) is 5.69 Å². The second kappa shape index (κ2) is 6.78. The highest BCUT2D eigenvalue weighted by atomic mass is 16.5. The zero-order valence-electron chi connectivity index (χ0n) is 11.7. The second-order valence-corrected chi connectivity index (χ2v) is 5.14. The van der Waals surface area contributed by atoms with E-state index in [1.54, 1.807) is 0 Å². The lowest BCUT2D eigenvalue weighted by Crippen LogP contribution is -2.34. The van der Waals surface area contributed by atoms with Crippen molar-refractivity contribution in [1.29, 1.82) is 0 Å². The van der Waals surface area contributed by atoms with E-state index >= 15 is 0 Å². The Hall–Kier alpha value is -1.26. The highest BCUT2D eigenvalue weighted by Crippen LogP contribution is 2.21. The Kier molecular flexibility index (Phi) is 5.05. The Labute approximate surface area is 114 Å². The van der Waals surface area contributed by atoms with Crippen LogP contribution in [0.1, 0.15) is 26.7 Å². The standard InChI is InChI=1S/C15H23NO3/c1-11-9-15(10-12(2)19-11)18-8-7-17-14-5-3-13(16)4-6-14/h3-6,11-12,15H,7-10,16H2,1-2H3. The third kappa shape index (κ3) is 4.73. The summed E-state index contributed by atoms with van der Waals surface area (Å²) in [6, 6.07) is 7.40. The van der Waals surface area contributed by atoms with Crippen molar-refractivity contribution in [1.82, 2.24) is 0 Å². The molecule has 2 rings (SSSR count). The molecule has 0 amide bonds. The Morgan fingerprint density at radius 1 is 1.11 bits per heavy atom. The van der Waals surface area contributed by atoms with Gasteiger partial charge in [-0.05, 0) is 51.0 Å². The van der Waals surface area contributed by atoms with Crippen molar-refractivity contribution < 1.29 is 14.2 Å². The summed E-state index contributed by atoms with van der Waals surface area (Å²) in [6.45, 7) is 5.35. The van der Waals surface area contributed by atoms with E-state index in [4.69, 9.17) is 19.9 Å². The topological polar surface area (TPSA) is 53.7 Å². The van der Waals surface area contributed by atoms with E-state index in [0.29, 0.717) is 13.2 Å². The summed E-state index contributed by atoms with van der Waals surface area (Å²) in [7, 11) is 0. The maximum atomic E-state index is 5.84. The average Bonchev–Trinajstić information content (AvgIpc) is 2.36. The second-order valence-electron chi connectivity index (χ2n) is 5.14. The third-order valence-corrected chi connectivity index (χ3v) is 3.24.